The molecule has 0 saturated heterocycles. The van der Waals surface area contributed by atoms with Crippen molar-refractivity contribution in [2.24, 2.45) is 0 Å². The Morgan fingerprint density at radius 3 is 1.28 bits per heavy atom. The molecule has 274 valence electrons. The normalized spacial score (nSPS) is 11.9. The van der Waals surface area contributed by atoms with E-state index in [0.717, 1.165) is 91.1 Å². The number of fused-ring (bicyclic) bond motifs is 8. The van der Waals surface area contributed by atoms with Gasteiger partial charge < -0.3 is 29.7 Å². The van der Waals surface area contributed by atoms with E-state index in [1.54, 1.807) is 0 Å². The molecule has 3 aromatic heterocycles. The van der Waals surface area contributed by atoms with Gasteiger partial charge in [-0.15, -0.1) is 0 Å². The van der Waals surface area contributed by atoms with E-state index >= 15 is 0 Å². The van der Waals surface area contributed by atoms with Gasteiger partial charge in [0.1, 0.15) is 11.5 Å². The smallest absolute Gasteiger partial charge is 0.303 e. The lowest BCUT2D eigenvalue weighted by Gasteiger charge is -2.08. The summed E-state index contributed by atoms with van der Waals surface area (Å²) in [6.07, 6.45) is 10.8. The topological polar surface area (TPSA) is 150 Å². The Hall–Kier alpha value is -6.42. The maximum atomic E-state index is 10.9. The third-order valence-corrected chi connectivity index (χ3v) is 9.57. The van der Waals surface area contributed by atoms with E-state index in [4.69, 9.17) is 29.7 Å². The number of rotatable bonds is 14. The van der Waals surface area contributed by atoms with E-state index in [1.807, 2.05) is 48.5 Å². The first-order chi connectivity index (χ1) is 26.3. The van der Waals surface area contributed by atoms with Gasteiger partial charge in [0, 0.05) is 57.2 Å². The van der Waals surface area contributed by atoms with Gasteiger partial charge in [-0.2, -0.15) is 0 Å². The Morgan fingerprint density at radius 1 is 0.537 bits per heavy atom. The summed E-state index contributed by atoms with van der Waals surface area (Å²) < 4.78 is 11.7. The Labute approximate surface area is 312 Å². The number of hydrogen-bond acceptors (Lipinski definition) is 6. The van der Waals surface area contributed by atoms with Crippen molar-refractivity contribution in [3.8, 4) is 33.8 Å². The van der Waals surface area contributed by atoms with Crippen LogP contribution < -0.4 is 9.47 Å². The Morgan fingerprint density at radius 2 is 0.907 bits per heavy atom. The number of aromatic nitrogens is 4. The van der Waals surface area contributed by atoms with Crippen LogP contribution in [0.15, 0.2) is 72.8 Å². The van der Waals surface area contributed by atoms with Crippen LogP contribution in [-0.4, -0.2) is 55.3 Å². The quantitative estimate of drug-likeness (QED) is 0.0811. The number of benzene rings is 2. The molecule has 2 aromatic carbocycles. The van der Waals surface area contributed by atoms with Crippen molar-refractivity contribution in [2.75, 3.05) is 13.2 Å². The number of H-pyrrole nitrogens is 2. The predicted octanol–water partition coefficient (Wildman–Crippen LogP) is 9.60. The van der Waals surface area contributed by atoms with Crippen molar-refractivity contribution in [1.29, 1.82) is 0 Å². The summed E-state index contributed by atoms with van der Waals surface area (Å²) in [5.41, 5.74) is 13.2. The number of aliphatic carboxylic acids is 2. The zero-order valence-corrected chi connectivity index (χ0v) is 30.3. The van der Waals surface area contributed by atoms with E-state index in [9.17, 15) is 9.59 Å². The Balaban J connectivity index is 1.38. The summed E-state index contributed by atoms with van der Waals surface area (Å²) in [5, 5.41) is 17.9. The lowest BCUT2D eigenvalue weighted by atomic mass is 10.0. The third-order valence-electron chi connectivity index (χ3n) is 9.57. The van der Waals surface area contributed by atoms with Gasteiger partial charge in [-0.25, -0.2) is 9.97 Å². The van der Waals surface area contributed by atoms with E-state index in [2.05, 4.69) is 72.4 Å². The van der Waals surface area contributed by atoms with E-state index < -0.39 is 11.9 Å². The minimum absolute atomic E-state index is 0.0675. The van der Waals surface area contributed by atoms with Crippen molar-refractivity contribution in [3.63, 3.8) is 0 Å². The molecule has 2 aliphatic heterocycles. The number of carbonyl (C=O) groups is 2. The molecule has 8 bridgehead atoms. The number of nitrogens with zero attached hydrogens (tertiary/aromatic N) is 2. The molecule has 0 fully saturated rings. The second-order valence-corrected chi connectivity index (χ2v) is 13.2. The zero-order chi connectivity index (χ0) is 37.6. The fourth-order valence-corrected chi connectivity index (χ4v) is 6.94. The fourth-order valence-electron chi connectivity index (χ4n) is 6.94. The summed E-state index contributed by atoms with van der Waals surface area (Å²) in [7, 11) is 0. The standard InChI is InChI=1S/C44H42N4O6/c1-3-31-33-17-21-37(45-33)43(27-9-13-29(14-10-27)53-25-5-7-41(49)50)39-23-19-35(47-39)32(4-2)36-20-24-40(48-36)44(38-22-18-34(31)46-38)28-11-15-30(16-12-28)54-26-6-8-42(51)52/h9-24,45,48H,3-8,25-26H2,1-2H3,(H,49,50)(H,51,52). The van der Waals surface area contributed by atoms with Crippen LogP contribution in [0.25, 0.3) is 68.6 Å². The molecule has 10 nitrogen and oxygen atoms in total. The molecular formula is C44H42N4O6. The van der Waals surface area contributed by atoms with Gasteiger partial charge in [0.25, 0.3) is 0 Å². The zero-order valence-electron chi connectivity index (χ0n) is 30.3. The summed E-state index contributed by atoms with van der Waals surface area (Å²) in [5.74, 6) is -0.308. The number of carboxylic acid groups (broad SMARTS) is 2. The first-order valence-electron chi connectivity index (χ1n) is 18.3. The lowest BCUT2D eigenvalue weighted by Crippen LogP contribution is -2.01. The van der Waals surface area contributed by atoms with Crippen molar-refractivity contribution in [3.05, 3.63) is 107 Å². The van der Waals surface area contributed by atoms with Crippen LogP contribution in [-0.2, 0) is 22.4 Å². The molecule has 54 heavy (non-hydrogen) atoms. The van der Waals surface area contributed by atoms with Gasteiger partial charge in [0.15, 0.2) is 0 Å². The van der Waals surface area contributed by atoms with Gasteiger partial charge in [-0.05, 0) is 110 Å². The molecule has 0 spiro atoms. The summed E-state index contributed by atoms with van der Waals surface area (Å²) in [6.45, 7) is 4.92. The minimum Gasteiger partial charge on any atom is -0.494 e. The van der Waals surface area contributed by atoms with E-state index in [1.165, 1.54) is 0 Å². The van der Waals surface area contributed by atoms with Crippen molar-refractivity contribution >= 4 is 58.3 Å². The third kappa shape index (κ3) is 7.83. The number of carboxylic acids is 2. The van der Waals surface area contributed by atoms with Gasteiger partial charge in [-0.1, -0.05) is 38.1 Å². The van der Waals surface area contributed by atoms with Crippen LogP contribution in [0.3, 0.4) is 0 Å². The van der Waals surface area contributed by atoms with Crippen LogP contribution in [0.2, 0.25) is 0 Å². The summed E-state index contributed by atoms with van der Waals surface area (Å²) in [6, 6.07) is 24.1. The van der Waals surface area contributed by atoms with Crippen LogP contribution >= 0.6 is 0 Å². The average Bonchev–Trinajstić information content (AvgIpc) is 4.01. The molecule has 0 radical (unpaired) electrons. The van der Waals surface area contributed by atoms with Crippen molar-refractivity contribution < 1.29 is 29.3 Å². The number of hydrogen-bond donors (Lipinski definition) is 4. The van der Waals surface area contributed by atoms with Crippen LogP contribution in [0.4, 0.5) is 0 Å². The number of aromatic amines is 2. The van der Waals surface area contributed by atoms with Crippen LogP contribution in [0.5, 0.6) is 11.5 Å². The number of nitrogens with one attached hydrogen (secondary N) is 2. The highest BCUT2D eigenvalue weighted by Gasteiger charge is 2.17. The van der Waals surface area contributed by atoms with E-state index in [0.29, 0.717) is 37.6 Å². The monoisotopic (exact) mass is 722 g/mol. The average molecular weight is 723 g/mol. The highest BCUT2D eigenvalue weighted by atomic mass is 16.5. The largest absolute Gasteiger partial charge is 0.494 e. The molecule has 2 aliphatic rings. The summed E-state index contributed by atoms with van der Waals surface area (Å²) >= 11 is 0. The molecule has 5 heterocycles. The Bertz CT molecular complexity index is 2250. The summed E-state index contributed by atoms with van der Waals surface area (Å²) in [4.78, 5) is 39.7. The predicted molar refractivity (Wildman–Crippen MR) is 213 cm³/mol. The molecule has 0 aliphatic carbocycles. The maximum Gasteiger partial charge on any atom is 0.303 e. The van der Waals surface area contributed by atoms with Gasteiger partial charge in [0.05, 0.1) is 36.0 Å². The number of aryl methyl sites for hydroxylation is 2. The molecule has 5 aromatic rings. The SMILES string of the molecule is CCc1c2nc(c(-c3ccc(OCCCC(=O)O)cc3)c3ccc([nH]3)c(CC)c3nc(c(-c4ccc(OCCCC(=O)O)cc4)c4ccc1[nH]4)C=C3)C=C2. The maximum absolute atomic E-state index is 10.9. The second kappa shape index (κ2) is 16.1. The van der Waals surface area contributed by atoms with Crippen LogP contribution in [0, 0.1) is 0 Å². The fraction of sp³-hybridized carbons (Fsp3) is 0.227. The first-order valence-corrected chi connectivity index (χ1v) is 18.3. The molecular weight excluding hydrogens is 681 g/mol. The molecule has 4 N–H and O–H groups in total. The van der Waals surface area contributed by atoms with Gasteiger partial charge in [0.2, 0.25) is 0 Å². The highest BCUT2D eigenvalue weighted by molar-refractivity contribution is 5.94. The second-order valence-electron chi connectivity index (χ2n) is 13.2. The Kier molecular flexibility index (Phi) is 10.7. The first kappa shape index (κ1) is 36.0. The molecule has 0 atom stereocenters. The molecule has 10 heteroatoms. The van der Waals surface area contributed by atoms with Gasteiger partial charge >= 0.3 is 11.9 Å². The lowest BCUT2D eigenvalue weighted by molar-refractivity contribution is -0.138. The molecule has 0 amide bonds. The van der Waals surface area contributed by atoms with Crippen molar-refractivity contribution in [1.82, 2.24) is 19.9 Å². The minimum atomic E-state index is -0.833. The van der Waals surface area contributed by atoms with Gasteiger partial charge in [-0.3, -0.25) is 9.59 Å². The van der Waals surface area contributed by atoms with E-state index in [-0.39, 0.29) is 12.8 Å². The number of ether oxygens (including phenoxy) is 2. The van der Waals surface area contributed by atoms with Crippen molar-refractivity contribution in [2.45, 2.75) is 52.4 Å². The molecule has 7 rings (SSSR count). The molecule has 0 saturated carbocycles. The van der Waals surface area contributed by atoms with Crippen LogP contribution in [0.1, 0.15) is 73.4 Å². The molecule has 0 unspecified atom stereocenters. The highest BCUT2D eigenvalue weighted by Crippen LogP contribution is 2.35.